The van der Waals surface area contributed by atoms with Crippen LogP contribution in [0.25, 0.3) is 11.0 Å². The fourth-order valence-electron chi connectivity index (χ4n) is 3.22. The van der Waals surface area contributed by atoms with Gasteiger partial charge in [-0.05, 0) is 24.6 Å². The number of fused-ring (bicyclic) bond motifs is 1. The van der Waals surface area contributed by atoms with Gasteiger partial charge in [-0.25, -0.2) is 19.2 Å². The fourth-order valence-corrected chi connectivity index (χ4v) is 4.43. The molecule has 1 aliphatic rings. The van der Waals surface area contributed by atoms with Crippen molar-refractivity contribution in [3.05, 3.63) is 40.2 Å². The predicted molar refractivity (Wildman–Crippen MR) is 116 cm³/mol. The van der Waals surface area contributed by atoms with E-state index < -0.39 is 47.8 Å². The monoisotopic (exact) mass is 498 g/mol. The number of hydrogen-bond acceptors (Lipinski definition) is 13. The Hall–Kier alpha value is -3.61. The topological polar surface area (TPSA) is 146 Å². The second-order valence-electron chi connectivity index (χ2n) is 6.91. The lowest BCUT2D eigenvalue weighted by Crippen LogP contribution is -2.56. The van der Waals surface area contributed by atoms with E-state index in [9.17, 15) is 19.2 Å². The lowest BCUT2D eigenvalue weighted by molar-refractivity contribution is -0.116. The predicted octanol–water partition coefficient (Wildman–Crippen LogP) is 3.01. The Morgan fingerprint density at radius 1 is 0.912 bits per heavy atom. The molecule has 1 saturated heterocycles. The minimum atomic E-state index is -1.32. The van der Waals surface area contributed by atoms with E-state index in [0.717, 1.165) is 38.7 Å². The molecule has 4 atom stereocenters. The molecule has 0 amide bonds. The molecule has 0 aliphatic carbocycles. The summed E-state index contributed by atoms with van der Waals surface area (Å²) in [6, 6.07) is 6.22. The maximum atomic E-state index is 12.0. The first-order chi connectivity index (χ1) is 16.2. The van der Waals surface area contributed by atoms with Gasteiger partial charge in [0.2, 0.25) is 0 Å². The Morgan fingerprint density at radius 2 is 1.53 bits per heavy atom. The van der Waals surface area contributed by atoms with Crippen LogP contribution in [0.5, 0.6) is 5.75 Å². The van der Waals surface area contributed by atoms with Crippen LogP contribution in [0.3, 0.4) is 0 Å². The molecule has 0 N–H and O–H groups in total. The third-order valence-electron chi connectivity index (χ3n) is 4.77. The summed E-state index contributed by atoms with van der Waals surface area (Å²) in [6.45, 7) is 1.77. The molecule has 1 aromatic heterocycles. The largest absolute Gasteiger partial charge is 0.508 e. The van der Waals surface area contributed by atoms with Crippen molar-refractivity contribution in [1.82, 2.24) is 0 Å². The van der Waals surface area contributed by atoms with E-state index in [-0.39, 0.29) is 11.5 Å². The van der Waals surface area contributed by atoms with Crippen molar-refractivity contribution in [3.8, 4) is 5.75 Å². The van der Waals surface area contributed by atoms with Crippen molar-refractivity contribution < 1.29 is 52.0 Å². The van der Waals surface area contributed by atoms with E-state index in [0.29, 0.717) is 11.0 Å². The lowest BCUT2D eigenvalue weighted by Gasteiger charge is -2.39. The smallest absolute Gasteiger partial charge is 0.476 e. The van der Waals surface area contributed by atoms with Crippen molar-refractivity contribution in [2.24, 2.45) is 0 Å². The van der Waals surface area contributed by atoms with Gasteiger partial charge in [0.15, 0.2) is 23.7 Å². The zero-order chi connectivity index (χ0) is 24.8. The molecule has 0 radical (unpaired) electrons. The van der Waals surface area contributed by atoms with Crippen LogP contribution in [0.2, 0.25) is 0 Å². The average Bonchev–Trinajstić information content (AvgIpc) is 2.81. The van der Waals surface area contributed by atoms with Crippen LogP contribution in [-0.4, -0.2) is 69.3 Å². The molecule has 2 aromatic rings. The molecule has 0 bridgehead atoms. The highest BCUT2D eigenvalue weighted by Gasteiger charge is 2.49. The second kappa shape index (κ2) is 11.0. The van der Waals surface area contributed by atoms with Gasteiger partial charge in [0.05, 0.1) is 21.3 Å². The first-order valence-corrected chi connectivity index (χ1v) is 10.9. The SMILES string of the molecule is COC(=O)O[C@H]1[C@H](OC(=O)OC)CSC(Oc2ccc3c(C)cc(=O)oc3c2)[C@@H]1OC(=O)OC. The number of aryl methyl sites for hydroxylation is 1. The number of rotatable bonds is 5. The molecule has 34 heavy (non-hydrogen) atoms. The van der Waals surface area contributed by atoms with Gasteiger partial charge in [-0.1, -0.05) is 0 Å². The molecule has 13 heteroatoms. The summed E-state index contributed by atoms with van der Waals surface area (Å²) in [4.78, 5) is 47.3. The van der Waals surface area contributed by atoms with Crippen LogP contribution in [0, 0.1) is 6.92 Å². The Labute approximate surface area is 197 Å². The van der Waals surface area contributed by atoms with Gasteiger partial charge in [0.1, 0.15) is 11.3 Å². The van der Waals surface area contributed by atoms with Crippen LogP contribution in [0.4, 0.5) is 14.4 Å². The minimum Gasteiger partial charge on any atom is -0.476 e. The molecule has 12 nitrogen and oxygen atoms in total. The van der Waals surface area contributed by atoms with Crippen molar-refractivity contribution in [2.45, 2.75) is 30.7 Å². The van der Waals surface area contributed by atoms with Gasteiger partial charge in [0.25, 0.3) is 0 Å². The Kier molecular flexibility index (Phi) is 8.10. The van der Waals surface area contributed by atoms with E-state index in [4.69, 9.17) is 23.4 Å². The normalized spacial score (nSPS) is 21.8. The number of benzene rings is 1. The first kappa shape index (κ1) is 25.0. The molecule has 1 aromatic carbocycles. The number of carbonyl (C=O) groups excluding carboxylic acids is 3. The average molecular weight is 498 g/mol. The molecule has 1 unspecified atom stereocenters. The molecule has 0 saturated carbocycles. The van der Waals surface area contributed by atoms with Gasteiger partial charge in [-0.2, -0.15) is 0 Å². The lowest BCUT2D eigenvalue weighted by atomic mass is 10.1. The van der Waals surface area contributed by atoms with Crippen LogP contribution >= 0.6 is 11.8 Å². The fraction of sp³-hybridized carbons (Fsp3) is 0.429. The molecular weight excluding hydrogens is 476 g/mol. The van der Waals surface area contributed by atoms with Crippen molar-refractivity contribution in [2.75, 3.05) is 27.1 Å². The van der Waals surface area contributed by atoms with Gasteiger partial charge in [-0.3, -0.25) is 0 Å². The van der Waals surface area contributed by atoms with E-state index in [2.05, 4.69) is 14.2 Å². The summed E-state index contributed by atoms with van der Waals surface area (Å²) in [5.41, 5.74) is -0.440. The number of hydrogen-bond donors (Lipinski definition) is 0. The Bertz CT molecular complexity index is 1110. The summed E-state index contributed by atoms with van der Waals surface area (Å²) in [5, 5.41) is 0.712. The molecule has 184 valence electrons. The molecule has 2 heterocycles. The number of ether oxygens (including phenoxy) is 7. The second-order valence-corrected chi connectivity index (χ2v) is 8.04. The standard InChI is InChI=1S/C21H22O12S/c1-10-7-15(22)30-13-8-11(5-6-12(10)13)29-18-17(33-21(25)28-4)16(32-20(24)27-3)14(9-34-18)31-19(23)26-2/h5-8,14,16-18H,9H2,1-4H3/t14-,16+,17-,18?/m1/s1. The van der Waals surface area contributed by atoms with E-state index in [1.807, 2.05) is 0 Å². The molecule has 0 spiro atoms. The van der Waals surface area contributed by atoms with Crippen LogP contribution in [0.15, 0.2) is 33.5 Å². The highest BCUT2D eigenvalue weighted by molar-refractivity contribution is 7.99. The summed E-state index contributed by atoms with van der Waals surface area (Å²) in [7, 11) is 3.30. The van der Waals surface area contributed by atoms with Crippen LogP contribution in [-0.2, 0) is 28.4 Å². The molecule has 3 rings (SSSR count). The van der Waals surface area contributed by atoms with Gasteiger partial charge >= 0.3 is 24.1 Å². The van der Waals surface area contributed by atoms with Crippen molar-refractivity contribution in [3.63, 3.8) is 0 Å². The maximum Gasteiger partial charge on any atom is 0.508 e. The summed E-state index contributed by atoms with van der Waals surface area (Å²) in [6.07, 6.45) is -6.90. The zero-order valence-electron chi connectivity index (χ0n) is 18.6. The first-order valence-electron chi connectivity index (χ1n) is 9.82. The zero-order valence-corrected chi connectivity index (χ0v) is 19.4. The Morgan fingerprint density at radius 3 is 2.18 bits per heavy atom. The summed E-state index contributed by atoms with van der Waals surface area (Å²) >= 11 is 1.12. The molecule has 1 fully saturated rings. The van der Waals surface area contributed by atoms with Crippen LogP contribution in [0.1, 0.15) is 5.56 Å². The van der Waals surface area contributed by atoms with E-state index >= 15 is 0 Å². The highest BCUT2D eigenvalue weighted by atomic mass is 32.2. The molecular formula is C21H22O12S. The third kappa shape index (κ3) is 5.84. The van der Waals surface area contributed by atoms with Crippen molar-refractivity contribution >= 4 is 41.2 Å². The summed E-state index contributed by atoms with van der Waals surface area (Å²) in [5.74, 6) is 0.367. The minimum absolute atomic E-state index is 0.0875. The van der Waals surface area contributed by atoms with Crippen molar-refractivity contribution in [1.29, 1.82) is 0 Å². The number of thioether (sulfide) groups is 1. The highest BCUT2D eigenvalue weighted by Crippen LogP contribution is 2.35. The van der Waals surface area contributed by atoms with Gasteiger partial charge in [-0.15, -0.1) is 11.8 Å². The quantitative estimate of drug-likeness (QED) is 0.338. The van der Waals surface area contributed by atoms with E-state index in [1.165, 1.54) is 12.1 Å². The third-order valence-corrected chi connectivity index (χ3v) is 5.98. The Balaban J connectivity index is 1.93. The summed E-state index contributed by atoms with van der Waals surface area (Å²) < 4.78 is 40.6. The maximum absolute atomic E-state index is 12.0. The number of carbonyl (C=O) groups is 3. The van der Waals surface area contributed by atoms with Crippen LogP contribution < -0.4 is 10.4 Å². The molecule has 1 aliphatic heterocycles. The van der Waals surface area contributed by atoms with E-state index in [1.54, 1.807) is 19.1 Å². The number of methoxy groups -OCH3 is 3. The van der Waals surface area contributed by atoms with Gasteiger partial charge < -0.3 is 37.6 Å². The van der Waals surface area contributed by atoms with Gasteiger partial charge in [0, 0.05) is 23.3 Å².